The second-order valence-electron chi connectivity index (χ2n) is 4.01. The standard InChI is InChI=1S/C11H18N4O5/c1-15(9(16)5-4-6-10(17)18)20-11(19)7-2-3-8-13-14-12/h2-8H2,1H3,(H,17,18). The van der Waals surface area contributed by atoms with Crippen LogP contribution >= 0.6 is 0 Å². The maximum atomic E-state index is 11.5. The third kappa shape index (κ3) is 9.72. The molecule has 0 aromatic heterocycles. The highest BCUT2D eigenvalue weighted by atomic mass is 16.7. The number of hydroxylamine groups is 2. The molecule has 0 heterocycles. The number of carboxylic acids is 1. The molecule has 0 rings (SSSR count). The van der Waals surface area contributed by atoms with Gasteiger partial charge in [-0.15, -0.1) is 0 Å². The summed E-state index contributed by atoms with van der Waals surface area (Å²) in [7, 11) is 1.31. The van der Waals surface area contributed by atoms with Crippen molar-refractivity contribution in [2.75, 3.05) is 13.6 Å². The van der Waals surface area contributed by atoms with Gasteiger partial charge in [-0.2, -0.15) is 5.06 Å². The summed E-state index contributed by atoms with van der Waals surface area (Å²) < 4.78 is 0. The summed E-state index contributed by atoms with van der Waals surface area (Å²) in [5.41, 5.74) is 8.05. The van der Waals surface area contributed by atoms with Crippen molar-refractivity contribution in [3.8, 4) is 0 Å². The molecule has 0 saturated carbocycles. The van der Waals surface area contributed by atoms with Gasteiger partial charge in [0, 0.05) is 37.8 Å². The number of hydrogen-bond acceptors (Lipinski definition) is 5. The Kier molecular flexibility index (Phi) is 9.41. The van der Waals surface area contributed by atoms with Crippen molar-refractivity contribution in [2.24, 2.45) is 5.11 Å². The van der Waals surface area contributed by atoms with Crippen LogP contribution in [0.15, 0.2) is 5.11 Å². The van der Waals surface area contributed by atoms with Crippen molar-refractivity contribution >= 4 is 17.8 Å². The Hall–Kier alpha value is -2.28. The van der Waals surface area contributed by atoms with Crippen molar-refractivity contribution < 1.29 is 24.3 Å². The van der Waals surface area contributed by atoms with Gasteiger partial charge >= 0.3 is 11.9 Å². The fourth-order valence-electron chi connectivity index (χ4n) is 1.29. The first-order chi connectivity index (χ1) is 9.47. The maximum absolute atomic E-state index is 11.5. The molecule has 112 valence electrons. The fourth-order valence-corrected chi connectivity index (χ4v) is 1.29. The Labute approximate surface area is 116 Å². The summed E-state index contributed by atoms with van der Waals surface area (Å²) in [4.78, 5) is 40.5. The Balaban J connectivity index is 3.79. The highest BCUT2D eigenvalue weighted by Crippen LogP contribution is 2.03. The number of carbonyl (C=O) groups excluding carboxylic acids is 2. The van der Waals surface area contributed by atoms with E-state index in [0.29, 0.717) is 19.4 Å². The van der Waals surface area contributed by atoms with Crippen LogP contribution in [0.5, 0.6) is 0 Å². The van der Waals surface area contributed by atoms with E-state index in [1.165, 1.54) is 7.05 Å². The molecular formula is C11H18N4O5. The lowest BCUT2D eigenvalue weighted by Crippen LogP contribution is -2.29. The largest absolute Gasteiger partial charge is 0.481 e. The Morgan fingerprint density at radius 1 is 1.20 bits per heavy atom. The van der Waals surface area contributed by atoms with E-state index < -0.39 is 17.8 Å². The zero-order valence-corrected chi connectivity index (χ0v) is 11.3. The molecule has 0 aliphatic rings. The van der Waals surface area contributed by atoms with Gasteiger partial charge in [-0.3, -0.25) is 9.59 Å². The molecule has 9 nitrogen and oxygen atoms in total. The number of hydrogen-bond donors (Lipinski definition) is 1. The minimum atomic E-state index is -0.975. The first-order valence-corrected chi connectivity index (χ1v) is 6.17. The van der Waals surface area contributed by atoms with Crippen LogP contribution in [0, 0.1) is 0 Å². The Morgan fingerprint density at radius 2 is 1.90 bits per heavy atom. The molecule has 0 saturated heterocycles. The SMILES string of the molecule is CN(OC(=O)CCCCN=[N+]=[N-])C(=O)CCCC(=O)O. The number of amides is 1. The third-order valence-electron chi connectivity index (χ3n) is 2.32. The quantitative estimate of drug-likeness (QED) is 0.226. The first-order valence-electron chi connectivity index (χ1n) is 6.17. The van der Waals surface area contributed by atoms with Crippen LogP contribution in [0.2, 0.25) is 0 Å². The second kappa shape index (κ2) is 10.6. The molecule has 0 aromatic carbocycles. The zero-order chi connectivity index (χ0) is 15.4. The molecule has 0 radical (unpaired) electrons. The summed E-state index contributed by atoms with van der Waals surface area (Å²) in [6.45, 7) is 0.313. The van der Waals surface area contributed by atoms with E-state index in [1.807, 2.05) is 0 Å². The predicted octanol–water partition coefficient (Wildman–Crippen LogP) is 1.64. The average molecular weight is 286 g/mol. The van der Waals surface area contributed by atoms with Crippen LogP contribution in [0.1, 0.15) is 38.5 Å². The van der Waals surface area contributed by atoms with Gasteiger partial charge in [0.05, 0.1) is 0 Å². The van der Waals surface area contributed by atoms with E-state index in [-0.39, 0.29) is 25.7 Å². The molecule has 0 unspecified atom stereocenters. The van der Waals surface area contributed by atoms with Crippen molar-refractivity contribution in [1.82, 2.24) is 5.06 Å². The molecule has 0 atom stereocenters. The summed E-state index contributed by atoms with van der Waals surface area (Å²) in [6, 6.07) is 0. The van der Waals surface area contributed by atoms with E-state index in [4.69, 9.17) is 15.5 Å². The summed E-state index contributed by atoms with van der Waals surface area (Å²) in [6.07, 6.45) is 1.28. The minimum Gasteiger partial charge on any atom is -0.481 e. The van der Waals surface area contributed by atoms with Crippen molar-refractivity contribution in [2.45, 2.75) is 38.5 Å². The third-order valence-corrected chi connectivity index (χ3v) is 2.32. The molecular weight excluding hydrogens is 268 g/mol. The smallest absolute Gasteiger partial charge is 0.332 e. The predicted molar refractivity (Wildman–Crippen MR) is 68.2 cm³/mol. The Morgan fingerprint density at radius 3 is 2.50 bits per heavy atom. The Bertz CT molecular complexity index is 392. The average Bonchev–Trinajstić information content (AvgIpc) is 2.37. The molecule has 1 N–H and O–H groups in total. The highest BCUT2D eigenvalue weighted by molar-refractivity contribution is 5.78. The van der Waals surface area contributed by atoms with Gasteiger partial charge in [0.2, 0.25) is 0 Å². The van der Waals surface area contributed by atoms with E-state index in [2.05, 4.69) is 10.0 Å². The van der Waals surface area contributed by atoms with Gasteiger partial charge < -0.3 is 9.94 Å². The number of carbonyl (C=O) groups is 3. The van der Waals surface area contributed by atoms with E-state index in [9.17, 15) is 14.4 Å². The monoisotopic (exact) mass is 286 g/mol. The van der Waals surface area contributed by atoms with Crippen molar-refractivity contribution in [1.29, 1.82) is 0 Å². The molecule has 20 heavy (non-hydrogen) atoms. The van der Waals surface area contributed by atoms with Gasteiger partial charge in [-0.25, -0.2) is 4.79 Å². The second-order valence-corrected chi connectivity index (χ2v) is 4.01. The molecule has 0 aliphatic heterocycles. The molecule has 9 heteroatoms. The zero-order valence-electron chi connectivity index (χ0n) is 11.3. The van der Waals surface area contributed by atoms with Crippen molar-refractivity contribution in [3.63, 3.8) is 0 Å². The molecule has 0 bridgehead atoms. The number of carboxylic acid groups (broad SMARTS) is 1. The summed E-state index contributed by atoms with van der Waals surface area (Å²) in [5.74, 6) is -1.98. The molecule has 1 amide bonds. The summed E-state index contributed by atoms with van der Waals surface area (Å²) >= 11 is 0. The van der Waals surface area contributed by atoms with Gasteiger partial charge in [0.25, 0.3) is 5.91 Å². The van der Waals surface area contributed by atoms with Crippen LogP contribution in [0.25, 0.3) is 10.4 Å². The van der Waals surface area contributed by atoms with Crippen LogP contribution in [-0.2, 0) is 19.2 Å². The molecule has 0 aromatic rings. The lowest BCUT2D eigenvalue weighted by Gasteiger charge is -2.15. The van der Waals surface area contributed by atoms with Gasteiger partial charge in [0.15, 0.2) is 0 Å². The van der Waals surface area contributed by atoms with Gasteiger partial charge in [0.1, 0.15) is 0 Å². The molecule has 0 aliphatic carbocycles. The van der Waals surface area contributed by atoms with Crippen LogP contribution < -0.4 is 0 Å². The number of rotatable bonds is 9. The van der Waals surface area contributed by atoms with Crippen LogP contribution in [-0.4, -0.2) is 41.6 Å². The number of aliphatic carboxylic acids is 1. The lowest BCUT2D eigenvalue weighted by molar-refractivity contribution is -0.192. The maximum Gasteiger partial charge on any atom is 0.332 e. The first kappa shape index (κ1) is 17.7. The van der Waals surface area contributed by atoms with Crippen LogP contribution in [0.4, 0.5) is 0 Å². The summed E-state index contributed by atoms with van der Waals surface area (Å²) in [5, 5.41) is 12.6. The van der Waals surface area contributed by atoms with E-state index >= 15 is 0 Å². The van der Waals surface area contributed by atoms with Crippen molar-refractivity contribution in [3.05, 3.63) is 10.4 Å². The number of nitrogens with zero attached hydrogens (tertiary/aromatic N) is 4. The molecule has 0 spiro atoms. The van der Waals surface area contributed by atoms with Crippen LogP contribution in [0.3, 0.4) is 0 Å². The number of unbranched alkanes of at least 4 members (excludes halogenated alkanes) is 1. The number of azide groups is 1. The van der Waals surface area contributed by atoms with E-state index in [1.54, 1.807) is 0 Å². The lowest BCUT2D eigenvalue weighted by atomic mass is 10.2. The van der Waals surface area contributed by atoms with Gasteiger partial charge in [-0.05, 0) is 24.8 Å². The van der Waals surface area contributed by atoms with E-state index in [0.717, 1.165) is 5.06 Å². The minimum absolute atomic E-state index is 0.00691. The fraction of sp³-hybridized carbons (Fsp3) is 0.727. The highest BCUT2D eigenvalue weighted by Gasteiger charge is 2.14. The van der Waals surface area contributed by atoms with Gasteiger partial charge in [-0.1, -0.05) is 5.11 Å². The molecule has 0 fully saturated rings. The normalized spacial score (nSPS) is 9.45. The topological polar surface area (TPSA) is 133 Å².